The van der Waals surface area contributed by atoms with Crippen LogP contribution < -0.4 is 5.32 Å². The van der Waals surface area contributed by atoms with E-state index in [4.69, 9.17) is 5.11 Å². The molecule has 1 aromatic carbocycles. The van der Waals surface area contributed by atoms with Gasteiger partial charge in [-0.25, -0.2) is 4.79 Å². The minimum Gasteiger partial charge on any atom is -0.479 e. The number of aryl methyl sites for hydroxylation is 2. The van der Waals surface area contributed by atoms with E-state index in [0.717, 1.165) is 0 Å². The quantitative estimate of drug-likeness (QED) is 0.887. The molecule has 0 radical (unpaired) electrons. The number of alkyl halides is 3. The van der Waals surface area contributed by atoms with Crippen LogP contribution in [0.3, 0.4) is 0 Å². The first kappa shape index (κ1) is 15.0. The average Bonchev–Trinajstić information content (AvgIpc) is 2.25. The van der Waals surface area contributed by atoms with E-state index in [1.54, 1.807) is 32.0 Å². The summed E-state index contributed by atoms with van der Waals surface area (Å²) in [5, 5.41) is 10.5. The summed E-state index contributed by atoms with van der Waals surface area (Å²) in [5.74, 6) is -3.82. The summed E-state index contributed by atoms with van der Waals surface area (Å²) in [6.07, 6.45) is -5.12. The van der Waals surface area contributed by atoms with E-state index in [-0.39, 0.29) is 5.56 Å². The summed E-state index contributed by atoms with van der Waals surface area (Å²) in [4.78, 5) is 22.0. The van der Waals surface area contributed by atoms with Crippen molar-refractivity contribution in [3.63, 3.8) is 0 Å². The molecule has 1 amide bonds. The van der Waals surface area contributed by atoms with Crippen molar-refractivity contribution in [1.29, 1.82) is 0 Å². The predicted molar refractivity (Wildman–Crippen MR) is 60.5 cm³/mol. The molecular formula is C12H12F3NO3. The molecule has 1 atom stereocenters. The molecule has 19 heavy (non-hydrogen) atoms. The van der Waals surface area contributed by atoms with Gasteiger partial charge in [0.2, 0.25) is 0 Å². The van der Waals surface area contributed by atoms with Crippen LogP contribution in [0.25, 0.3) is 0 Å². The van der Waals surface area contributed by atoms with E-state index in [1.807, 2.05) is 0 Å². The number of aliphatic carboxylic acids is 1. The zero-order chi connectivity index (χ0) is 14.8. The Bertz CT molecular complexity index is 491. The zero-order valence-corrected chi connectivity index (χ0v) is 10.2. The van der Waals surface area contributed by atoms with Crippen LogP contribution in [0.15, 0.2) is 18.2 Å². The van der Waals surface area contributed by atoms with Crippen LogP contribution in [0.5, 0.6) is 0 Å². The van der Waals surface area contributed by atoms with E-state index in [2.05, 4.69) is 0 Å². The lowest BCUT2D eigenvalue weighted by molar-refractivity contribution is -0.175. The lowest BCUT2D eigenvalue weighted by Gasteiger charge is -2.19. The molecule has 0 saturated heterocycles. The van der Waals surface area contributed by atoms with Crippen molar-refractivity contribution in [2.75, 3.05) is 0 Å². The number of carbonyl (C=O) groups is 2. The number of carboxylic acids is 1. The second-order valence-electron chi connectivity index (χ2n) is 4.05. The van der Waals surface area contributed by atoms with Crippen molar-refractivity contribution < 1.29 is 27.9 Å². The molecular weight excluding hydrogens is 263 g/mol. The Morgan fingerprint density at radius 1 is 1.21 bits per heavy atom. The third kappa shape index (κ3) is 3.46. The highest BCUT2D eigenvalue weighted by molar-refractivity contribution is 5.88. The highest BCUT2D eigenvalue weighted by atomic mass is 19.4. The van der Waals surface area contributed by atoms with Gasteiger partial charge in [0.1, 0.15) is 0 Å². The number of benzene rings is 1. The molecule has 0 heterocycles. The van der Waals surface area contributed by atoms with E-state index < -0.39 is 24.1 Å². The molecule has 0 aliphatic rings. The first-order chi connectivity index (χ1) is 8.64. The van der Waals surface area contributed by atoms with E-state index in [9.17, 15) is 22.8 Å². The minimum absolute atomic E-state index is 0.160. The van der Waals surface area contributed by atoms with Gasteiger partial charge >= 0.3 is 18.1 Å². The van der Waals surface area contributed by atoms with Gasteiger partial charge in [-0.05, 0) is 30.5 Å². The Kier molecular flexibility index (Phi) is 4.18. The molecule has 1 rings (SSSR count). The van der Waals surface area contributed by atoms with Gasteiger partial charge in [-0.3, -0.25) is 4.79 Å². The fourth-order valence-corrected chi connectivity index (χ4v) is 1.75. The fourth-order valence-electron chi connectivity index (χ4n) is 1.75. The second kappa shape index (κ2) is 5.29. The van der Waals surface area contributed by atoms with Crippen molar-refractivity contribution >= 4 is 11.9 Å². The normalized spacial score (nSPS) is 12.9. The maximum atomic E-state index is 12.2. The first-order valence-electron chi connectivity index (χ1n) is 5.31. The van der Waals surface area contributed by atoms with Gasteiger partial charge in [-0.1, -0.05) is 18.2 Å². The Balaban J connectivity index is 3.16. The number of halogens is 3. The van der Waals surface area contributed by atoms with Crippen LogP contribution in [0, 0.1) is 13.8 Å². The smallest absolute Gasteiger partial charge is 0.471 e. The Morgan fingerprint density at radius 2 is 1.68 bits per heavy atom. The monoisotopic (exact) mass is 275 g/mol. The molecule has 1 unspecified atom stereocenters. The number of nitrogens with one attached hydrogen (secondary N) is 1. The minimum atomic E-state index is -5.12. The SMILES string of the molecule is Cc1cccc(C)c1C(NC(=O)C(F)(F)F)C(=O)O. The van der Waals surface area contributed by atoms with Crippen LogP contribution in [0.4, 0.5) is 13.2 Å². The number of hydrogen-bond donors (Lipinski definition) is 2. The molecule has 0 spiro atoms. The molecule has 0 bridgehead atoms. The molecule has 0 aliphatic carbocycles. The lowest BCUT2D eigenvalue weighted by atomic mass is 9.96. The Morgan fingerprint density at radius 3 is 2.05 bits per heavy atom. The summed E-state index contributed by atoms with van der Waals surface area (Å²) in [7, 11) is 0. The number of carbonyl (C=O) groups excluding carboxylic acids is 1. The van der Waals surface area contributed by atoms with E-state index in [1.165, 1.54) is 5.32 Å². The Labute approximate surface area is 107 Å². The maximum Gasteiger partial charge on any atom is 0.471 e. The standard InChI is InChI=1S/C12H12F3NO3/c1-6-4-3-5-7(2)8(6)9(10(17)18)16-11(19)12(13,14)15/h3-5,9H,1-2H3,(H,16,19)(H,17,18). The summed E-state index contributed by atoms with van der Waals surface area (Å²) in [5.41, 5.74) is 1.15. The van der Waals surface area contributed by atoms with Crippen molar-refractivity contribution in [1.82, 2.24) is 5.32 Å². The number of rotatable bonds is 3. The van der Waals surface area contributed by atoms with E-state index >= 15 is 0 Å². The molecule has 0 aromatic heterocycles. The van der Waals surface area contributed by atoms with Gasteiger partial charge in [0.25, 0.3) is 0 Å². The van der Waals surface area contributed by atoms with Gasteiger partial charge in [-0.15, -0.1) is 0 Å². The fraction of sp³-hybridized carbons (Fsp3) is 0.333. The van der Waals surface area contributed by atoms with Crippen molar-refractivity contribution in [2.24, 2.45) is 0 Å². The molecule has 1 aromatic rings. The van der Waals surface area contributed by atoms with Crippen molar-refractivity contribution in [2.45, 2.75) is 26.1 Å². The molecule has 4 nitrogen and oxygen atoms in total. The zero-order valence-electron chi connectivity index (χ0n) is 10.2. The van der Waals surface area contributed by atoms with Crippen LogP contribution in [0.2, 0.25) is 0 Å². The first-order valence-corrected chi connectivity index (χ1v) is 5.31. The van der Waals surface area contributed by atoms with Crippen molar-refractivity contribution in [3.8, 4) is 0 Å². The summed E-state index contributed by atoms with van der Waals surface area (Å²) in [6, 6.07) is 3.06. The van der Waals surface area contributed by atoms with Gasteiger partial charge in [-0.2, -0.15) is 13.2 Å². The summed E-state index contributed by atoms with van der Waals surface area (Å²) in [6.45, 7) is 3.13. The lowest BCUT2D eigenvalue weighted by Crippen LogP contribution is -2.42. The van der Waals surface area contributed by atoms with Crippen LogP contribution in [0.1, 0.15) is 22.7 Å². The molecule has 7 heteroatoms. The second-order valence-corrected chi connectivity index (χ2v) is 4.05. The molecule has 0 aliphatic heterocycles. The van der Waals surface area contributed by atoms with Gasteiger partial charge < -0.3 is 10.4 Å². The van der Waals surface area contributed by atoms with Gasteiger partial charge in [0.15, 0.2) is 6.04 Å². The molecule has 0 saturated carbocycles. The molecule has 2 N–H and O–H groups in total. The largest absolute Gasteiger partial charge is 0.479 e. The summed E-state index contributed by atoms with van der Waals surface area (Å²) < 4.78 is 36.6. The number of amides is 1. The summed E-state index contributed by atoms with van der Waals surface area (Å²) >= 11 is 0. The Hall–Kier alpha value is -2.05. The van der Waals surface area contributed by atoms with Gasteiger partial charge in [0.05, 0.1) is 0 Å². The van der Waals surface area contributed by atoms with Gasteiger partial charge in [0, 0.05) is 0 Å². The number of hydrogen-bond acceptors (Lipinski definition) is 2. The molecule has 104 valence electrons. The van der Waals surface area contributed by atoms with Crippen LogP contribution >= 0.6 is 0 Å². The topological polar surface area (TPSA) is 66.4 Å². The molecule has 0 fully saturated rings. The average molecular weight is 275 g/mol. The van der Waals surface area contributed by atoms with E-state index in [0.29, 0.717) is 11.1 Å². The van der Waals surface area contributed by atoms with Crippen molar-refractivity contribution in [3.05, 3.63) is 34.9 Å². The number of carboxylic acid groups (broad SMARTS) is 1. The van der Waals surface area contributed by atoms with Crippen LogP contribution in [-0.2, 0) is 9.59 Å². The van der Waals surface area contributed by atoms with Crippen LogP contribution in [-0.4, -0.2) is 23.2 Å². The highest BCUT2D eigenvalue weighted by Gasteiger charge is 2.41. The maximum absolute atomic E-state index is 12.2. The third-order valence-electron chi connectivity index (χ3n) is 2.61. The highest BCUT2D eigenvalue weighted by Crippen LogP contribution is 2.24. The third-order valence-corrected chi connectivity index (χ3v) is 2.61. The predicted octanol–water partition coefficient (Wildman–Crippen LogP) is 2.11.